The number of ether oxygens (including phenoxy) is 1. The maximum absolute atomic E-state index is 8.85. The van der Waals surface area contributed by atoms with Crippen molar-refractivity contribution in [2.24, 2.45) is 5.41 Å². The van der Waals surface area contributed by atoms with Gasteiger partial charge < -0.3 is 14.6 Å². The Bertz CT molecular complexity index is 415. The summed E-state index contributed by atoms with van der Waals surface area (Å²) in [5, 5.41) is 12.2. The van der Waals surface area contributed by atoms with Crippen molar-refractivity contribution in [2.75, 3.05) is 20.3 Å². The molecule has 1 aromatic heterocycles. The Morgan fingerprint density at radius 1 is 1.56 bits per heavy atom. The van der Waals surface area contributed by atoms with Crippen molar-refractivity contribution < 1.29 is 4.74 Å². The lowest BCUT2D eigenvalue weighted by Crippen LogP contribution is -2.21. The highest BCUT2D eigenvalue weighted by molar-refractivity contribution is 5.10. The molecule has 0 saturated heterocycles. The average Bonchev–Trinajstić information content (AvgIpc) is 2.97. The summed E-state index contributed by atoms with van der Waals surface area (Å²) in [5.74, 6) is 0. The van der Waals surface area contributed by atoms with Crippen LogP contribution in [0.15, 0.2) is 18.3 Å². The molecule has 0 amide bonds. The van der Waals surface area contributed by atoms with E-state index in [1.54, 1.807) is 7.11 Å². The highest BCUT2D eigenvalue weighted by Crippen LogP contribution is 2.50. The van der Waals surface area contributed by atoms with Crippen LogP contribution in [0.2, 0.25) is 0 Å². The van der Waals surface area contributed by atoms with Gasteiger partial charge in [0, 0.05) is 50.5 Å². The van der Waals surface area contributed by atoms with Crippen LogP contribution < -0.4 is 5.32 Å². The van der Waals surface area contributed by atoms with Crippen molar-refractivity contribution in [1.29, 1.82) is 5.26 Å². The third-order valence-corrected chi connectivity index (χ3v) is 3.63. The molecule has 0 aromatic carbocycles. The molecule has 1 aromatic rings. The van der Waals surface area contributed by atoms with Crippen molar-refractivity contribution in [3.05, 3.63) is 24.0 Å². The van der Waals surface area contributed by atoms with Gasteiger partial charge in [-0.1, -0.05) is 0 Å². The Balaban J connectivity index is 1.86. The molecule has 0 aliphatic heterocycles. The van der Waals surface area contributed by atoms with E-state index in [0.717, 1.165) is 26.2 Å². The van der Waals surface area contributed by atoms with E-state index in [2.05, 4.69) is 34.3 Å². The molecule has 98 valence electrons. The molecule has 4 nitrogen and oxygen atoms in total. The van der Waals surface area contributed by atoms with Gasteiger partial charge in [-0.05, 0) is 25.0 Å². The van der Waals surface area contributed by atoms with Crippen molar-refractivity contribution in [3.63, 3.8) is 0 Å². The third kappa shape index (κ3) is 3.34. The zero-order chi connectivity index (χ0) is 12.8. The topological polar surface area (TPSA) is 50.0 Å². The van der Waals surface area contributed by atoms with Crippen molar-refractivity contribution in [2.45, 2.75) is 32.4 Å². The monoisotopic (exact) mass is 247 g/mol. The highest BCUT2D eigenvalue weighted by Gasteiger charge is 2.42. The molecule has 1 aliphatic carbocycles. The summed E-state index contributed by atoms with van der Waals surface area (Å²) < 4.78 is 7.29. The number of hydrogen-bond donors (Lipinski definition) is 1. The minimum Gasteiger partial charge on any atom is -0.383 e. The molecular weight excluding hydrogens is 226 g/mol. The van der Waals surface area contributed by atoms with E-state index >= 15 is 0 Å². The number of aromatic nitrogens is 1. The standard InChI is InChI=1S/C14H21N3O/c1-18-10-8-16-11-13-3-2-9-17(13)12-14(4-5-14)6-7-15/h2-3,9,16H,4-6,8,10-12H2,1H3. The number of nitrogens with zero attached hydrogens (tertiary/aromatic N) is 2. The zero-order valence-electron chi connectivity index (χ0n) is 11.0. The molecule has 0 bridgehead atoms. The molecule has 0 spiro atoms. The predicted molar refractivity (Wildman–Crippen MR) is 69.9 cm³/mol. The molecule has 1 fully saturated rings. The smallest absolute Gasteiger partial charge is 0.0628 e. The normalized spacial score (nSPS) is 16.4. The summed E-state index contributed by atoms with van der Waals surface area (Å²) >= 11 is 0. The minimum atomic E-state index is 0.259. The summed E-state index contributed by atoms with van der Waals surface area (Å²) in [4.78, 5) is 0. The quantitative estimate of drug-likeness (QED) is 0.714. The lowest BCUT2D eigenvalue weighted by atomic mass is 10.0. The fourth-order valence-electron chi connectivity index (χ4n) is 2.25. The van der Waals surface area contributed by atoms with Gasteiger partial charge in [0.15, 0.2) is 0 Å². The number of rotatable bonds is 8. The van der Waals surface area contributed by atoms with Gasteiger partial charge in [0.1, 0.15) is 0 Å². The van der Waals surface area contributed by atoms with Gasteiger partial charge in [-0.2, -0.15) is 5.26 Å². The Kier molecular flexibility index (Phi) is 4.40. The Morgan fingerprint density at radius 3 is 3.06 bits per heavy atom. The molecule has 1 aliphatic rings. The van der Waals surface area contributed by atoms with Crippen molar-refractivity contribution in [1.82, 2.24) is 9.88 Å². The summed E-state index contributed by atoms with van der Waals surface area (Å²) in [6.45, 7) is 3.44. The first kappa shape index (κ1) is 13.1. The molecule has 4 heteroatoms. The minimum absolute atomic E-state index is 0.259. The lowest BCUT2D eigenvalue weighted by molar-refractivity contribution is 0.199. The zero-order valence-corrected chi connectivity index (χ0v) is 11.0. The number of hydrogen-bond acceptors (Lipinski definition) is 3. The second-order valence-electron chi connectivity index (χ2n) is 5.13. The summed E-state index contributed by atoms with van der Waals surface area (Å²) in [6, 6.07) is 6.54. The van der Waals surface area contributed by atoms with Crippen LogP contribution in [0.4, 0.5) is 0 Å². The molecule has 0 atom stereocenters. The summed E-state index contributed by atoms with van der Waals surface area (Å²) in [6.07, 6.45) is 5.18. The van der Waals surface area contributed by atoms with Gasteiger partial charge in [-0.25, -0.2) is 0 Å². The maximum atomic E-state index is 8.85. The average molecular weight is 247 g/mol. The third-order valence-electron chi connectivity index (χ3n) is 3.63. The highest BCUT2D eigenvalue weighted by atomic mass is 16.5. The van der Waals surface area contributed by atoms with Gasteiger partial charge in [-0.3, -0.25) is 0 Å². The van der Waals surface area contributed by atoms with E-state index in [-0.39, 0.29) is 5.41 Å². The molecule has 18 heavy (non-hydrogen) atoms. The number of methoxy groups -OCH3 is 1. The molecule has 1 heterocycles. The van der Waals surface area contributed by atoms with Crippen LogP contribution in [0.3, 0.4) is 0 Å². The Labute approximate surface area is 109 Å². The maximum Gasteiger partial charge on any atom is 0.0628 e. The van der Waals surface area contributed by atoms with Gasteiger partial charge in [0.05, 0.1) is 12.7 Å². The van der Waals surface area contributed by atoms with Crippen molar-refractivity contribution >= 4 is 0 Å². The van der Waals surface area contributed by atoms with E-state index in [0.29, 0.717) is 6.42 Å². The summed E-state index contributed by atoms with van der Waals surface area (Å²) in [7, 11) is 1.71. The second kappa shape index (κ2) is 6.03. The SMILES string of the molecule is COCCNCc1cccn1CC1(CC#N)CC1. The number of nitriles is 1. The second-order valence-corrected chi connectivity index (χ2v) is 5.13. The molecule has 1 N–H and O–H groups in total. The van der Waals surface area contributed by atoms with E-state index in [1.807, 2.05) is 0 Å². The lowest BCUT2D eigenvalue weighted by Gasteiger charge is -2.15. The van der Waals surface area contributed by atoms with Crippen LogP contribution in [-0.4, -0.2) is 24.8 Å². The van der Waals surface area contributed by atoms with E-state index < -0.39 is 0 Å². The van der Waals surface area contributed by atoms with Crippen molar-refractivity contribution in [3.8, 4) is 6.07 Å². The van der Waals surface area contributed by atoms with Gasteiger partial charge >= 0.3 is 0 Å². The first-order valence-electron chi connectivity index (χ1n) is 6.50. The Morgan fingerprint density at radius 2 is 2.39 bits per heavy atom. The van der Waals surface area contributed by atoms with Crippen LogP contribution in [0.1, 0.15) is 25.0 Å². The van der Waals surface area contributed by atoms with Crippen LogP contribution in [-0.2, 0) is 17.8 Å². The number of nitrogens with one attached hydrogen (secondary N) is 1. The van der Waals surface area contributed by atoms with Crippen LogP contribution >= 0.6 is 0 Å². The fraction of sp³-hybridized carbons (Fsp3) is 0.643. The van der Waals surface area contributed by atoms with E-state index in [1.165, 1.54) is 18.5 Å². The van der Waals surface area contributed by atoms with E-state index in [4.69, 9.17) is 10.00 Å². The first-order valence-corrected chi connectivity index (χ1v) is 6.50. The van der Waals surface area contributed by atoms with Crippen LogP contribution in [0.25, 0.3) is 0 Å². The Hall–Kier alpha value is -1.31. The molecule has 0 unspecified atom stereocenters. The van der Waals surface area contributed by atoms with Crippen LogP contribution in [0, 0.1) is 16.7 Å². The predicted octanol–water partition coefficient (Wildman–Crippen LogP) is 1.92. The summed E-state index contributed by atoms with van der Waals surface area (Å²) in [5.41, 5.74) is 1.55. The fourth-order valence-corrected chi connectivity index (χ4v) is 2.25. The largest absolute Gasteiger partial charge is 0.383 e. The van der Waals surface area contributed by atoms with Gasteiger partial charge in [-0.15, -0.1) is 0 Å². The van der Waals surface area contributed by atoms with E-state index in [9.17, 15) is 0 Å². The molecule has 1 saturated carbocycles. The van der Waals surface area contributed by atoms with Gasteiger partial charge in [0.25, 0.3) is 0 Å². The van der Waals surface area contributed by atoms with Crippen LogP contribution in [0.5, 0.6) is 0 Å². The molecular formula is C14H21N3O. The van der Waals surface area contributed by atoms with Gasteiger partial charge in [0.2, 0.25) is 0 Å². The first-order chi connectivity index (χ1) is 8.79. The molecule has 2 rings (SSSR count). The molecule has 0 radical (unpaired) electrons.